The third-order valence-corrected chi connectivity index (χ3v) is 2.51. The number of nitriles is 1. The van der Waals surface area contributed by atoms with Crippen molar-refractivity contribution in [1.29, 1.82) is 5.26 Å². The smallest absolute Gasteiger partial charge is 0.136 e. The van der Waals surface area contributed by atoms with Crippen molar-refractivity contribution in [2.75, 3.05) is 13.7 Å². The molecule has 0 aliphatic rings. The van der Waals surface area contributed by atoms with Crippen molar-refractivity contribution < 1.29 is 4.74 Å². The third kappa shape index (κ3) is 2.31. The Kier molecular flexibility index (Phi) is 3.55. The van der Waals surface area contributed by atoms with Gasteiger partial charge in [-0.2, -0.15) is 5.26 Å². The summed E-state index contributed by atoms with van der Waals surface area (Å²) in [5.41, 5.74) is 7.46. The fourth-order valence-corrected chi connectivity index (χ4v) is 1.63. The second-order valence-electron chi connectivity index (χ2n) is 3.68. The van der Waals surface area contributed by atoms with Gasteiger partial charge < -0.3 is 10.5 Å². The molecular formula is C12H13N5O. The number of methoxy groups -OCH3 is 1. The van der Waals surface area contributed by atoms with Gasteiger partial charge in [0, 0.05) is 12.1 Å². The normalized spacial score (nSPS) is 10.1. The summed E-state index contributed by atoms with van der Waals surface area (Å²) in [6, 6.07) is 7.41. The zero-order valence-electron chi connectivity index (χ0n) is 10.00. The van der Waals surface area contributed by atoms with E-state index in [2.05, 4.69) is 16.4 Å². The van der Waals surface area contributed by atoms with Crippen LogP contribution in [0.15, 0.2) is 24.4 Å². The Morgan fingerprint density at radius 1 is 1.50 bits per heavy atom. The van der Waals surface area contributed by atoms with Gasteiger partial charge in [0.25, 0.3) is 0 Å². The molecule has 0 unspecified atom stereocenters. The maximum Gasteiger partial charge on any atom is 0.136 e. The van der Waals surface area contributed by atoms with Crippen LogP contribution in [0.2, 0.25) is 0 Å². The molecule has 1 heterocycles. The maximum atomic E-state index is 9.02. The Balaban J connectivity index is 2.35. The number of nitrogens with two attached hydrogens (primary N) is 1. The van der Waals surface area contributed by atoms with Gasteiger partial charge in [0.15, 0.2) is 0 Å². The SMILES string of the molecule is COc1ccc(-c2cn(CCN)nn2)cc1C#N. The van der Waals surface area contributed by atoms with Gasteiger partial charge in [-0.25, -0.2) is 0 Å². The van der Waals surface area contributed by atoms with Crippen LogP contribution in [0.25, 0.3) is 11.3 Å². The van der Waals surface area contributed by atoms with E-state index in [1.165, 1.54) is 7.11 Å². The van der Waals surface area contributed by atoms with Crippen LogP contribution in [0, 0.1) is 11.3 Å². The van der Waals surface area contributed by atoms with E-state index in [4.69, 9.17) is 15.7 Å². The van der Waals surface area contributed by atoms with Gasteiger partial charge in [-0.05, 0) is 18.2 Å². The molecule has 0 bridgehead atoms. The van der Waals surface area contributed by atoms with Crippen LogP contribution in [0.1, 0.15) is 5.56 Å². The number of ether oxygens (including phenoxy) is 1. The first kappa shape index (κ1) is 12.1. The highest BCUT2D eigenvalue weighted by Crippen LogP contribution is 2.24. The first-order chi connectivity index (χ1) is 8.78. The van der Waals surface area contributed by atoms with E-state index < -0.39 is 0 Å². The second kappa shape index (κ2) is 5.29. The van der Waals surface area contributed by atoms with E-state index in [-0.39, 0.29) is 0 Å². The highest BCUT2D eigenvalue weighted by Gasteiger charge is 2.08. The summed E-state index contributed by atoms with van der Waals surface area (Å²) in [5, 5.41) is 17.0. The number of hydrogen-bond acceptors (Lipinski definition) is 5. The van der Waals surface area contributed by atoms with E-state index in [1.54, 1.807) is 23.0 Å². The molecule has 0 fully saturated rings. The fraction of sp³-hybridized carbons (Fsp3) is 0.250. The average Bonchev–Trinajstić information content (AvgIpc) is 2.87. The molecule has 92 valence electrons. The zero-order chi connectivity index (χ0) is 13.0. The quantitative estimate of drug-likeness (QED) is 0.857. The molecular weight excluding hydrogens is 230 g/mol. The number of nitrogens with zero attached hydrogens (tertiary/aromatic N) is 4. The van der Waals surface area contributed by atoms with Crippen LogP contribution in [-0.2, 0) is 6.54 Å². The molecule has 0 radical (unpaired) electrons. The van der Waals surface area contributed by atoms with Crippen LogP contribution >= 0.6 is 0 Å². The van der Waals surface area contributed by atoms with Gasteiger partial charge in [-0.1, -0.05) is 5.21 Å². The van der Waals surface area contributed by atoms with Crippen molar-refractivity contribution in [2.24, 2.45) is 5.73 Å². The molecule has 0 amide bonds. The fourth-order valence-electron chi connectivity index (χ4n) is 1.63. The molecule has 6 heteroatoms. The van der Waals surface area contributed by atoms with Gasteiger partial charge in [0.05, 0.1) is 25.4 Å². The first-order valence-corrected chi connectivity index (χ1v) is 5.47. The van der Waals surface area contributed by atoms with Gasteiger partial charge >= 0.3 is 0 Å². The molecule has 2 N–H and O–H groups in total. The van der Waals surface area contributed by atoms with Crippen molar-refractivity contribution in [3.05, 3.63) is 30.0 Å². The Labute approximate surface area is 105 Å². The minimum atomic E-state index is 0.475. The van der Waals surface area contributed by atoms with Crippen LogP contribution in [0.3, 0.4) is 0 Å². The molecule has 6 nitrogen and oxygen atoms in total. The number of rotatable bonds is 4. The van der Waals surface area contributed by atoms with Crippen molar-refractivity contribution in [2.45, 2.75) is 6.54 Å². The zero-order valence-corrected chi connectivity index (χ0v) is 10.00. The lowest BCUT2D eigenvalue weighted by Gasteiger charge is -2.03. The molecule has 1 aromatic heterocycles. The summed E-state index contributed by atoms with van der Waals surface area (Å²) in [5.74, 6) is 0.551. The van der Waals surface area contributed by atoms with Gasteiger partial charge in [-0.15, -0.1) is 5.10 Å². The number of aromatic nitrogens is 3. The lowest BCUT2D eigenvalue weighted by molar-refractivity contribution is 0.413. The van der Waals surface area contributed by atoms with Crippen LogP contribution in [0.5, 0.6) is 5.75 Å². The monoisotopic (exact) mass is 243 g/mol. The summed E-state index contributed by atoms with van der Waals surface area (Å²) in [6.07, 6.45) is 1.80. The van der Waals surface area contributed by atoms with Crippen LogP contribution < -0.4 is 10.5 Å². The summed E-state index contributed by atoms with van der Waals surface area (Å²) < 4.78 is 6.76. The lowest BCUT2D eigenvalue weighted by atomic mass is 10.1. The standard InChI is InChI=1S/C12H13N5O/c1-18-12-3-2-9(6-10(12)7-14)11-8-17(5-4-13)16-15-11/h2-3,6,8H,4-5,13H2,1H3. The minimum absolute atomic E-state index is 0.475. The minimum Gasteiger partial charge on any atom is -0.495 e. The molecule has 2 rings (SSSR count). The Bertz CT molecular complexity index is 584. The average molecular weight is 243 g/mol. The second-order valence-corrected chi connectivity index (χ2v) is 3.68. The molecule has 0 atom stereocenters. The maximum absolute atomic E-state index is 9.02. The first-order valence-electron chi connectivity index (χ1n) is 5.47. The molecule has 2 aromatic rings. The van der Waals surface area contributed by atoms with Crippen molar-refractivity contribution >= 4 is 0 Å². The molecule has 0 aliphatic heterocycles. The Morgan fingerprint density at radius 3 is 3.00 bits per heavy atom. The molecule has 0 aliphatic carbocycles. The molecule has 0 spiro atoms. The van der Waals surface area contributed by atoms with E-state index in [9.17, 15) is 0 Å². The summed E-state index contributed by atoms with van der Waals surface area (Å²) >= 11 is 0. The highest BCUT2D eigenvalue weighted by atomic mass is 16.5. The van der Waals surface area contributed by atoms with E-state index in [1.807, 2.05) is 6.07 Å². The largest absolute Gasteiger partial charge is 0.495 e. The Morgan fingerprint density at radius 2 is 2.33 bits per heavy atom. The summed E-state index contributed by atoms with van der Waals surface area (Å²) in [6.45, 7) is 1.13. The van der Waals surface area contributed by atoms with Crippen LogP contribution in [0.4, 0.5) is 0 Å². The van der Waals surface area contributed by atoms with E-state index in [0.717, 1.165) is 5.56 Å². The molecule has 1 aromatic carbocycles. The summed E-state index contributed by atoms with van der Waals surface area (Å²) in [7, 11) is 1.54. The van der Waals surface area contributed by atoms with Crippen molar-refractivity contribution in [1.82, 2.24) is 15.0 Å². The lowest BCUT2D eigenvalue weighted by Crippen LogP contribution is -2.10. The van der Waals surface area contributed by atoms with Gasteiger partial charge in [-0.3, -0.25) is 4.68 Å². The predicted octanol–water partition coefficient (Wildman–Crippen LogP) is 0.784. The van der Waals surface area contributed by atoms with Crippen molar-refractivity contribution in [3.8, 4) is 23.1 Å². The summed E-state index contributed by atoms with van der Waals surface area (Å²) in [4.78, 5) is 0. The van der Waals surface area contributed by atoms with Crippen molar-refractivity contribution in [3.63, 3.8) is 0 Å². The van der Waals surface area contributed by atoms with Gasteiger partial charge in [0.2, 0.25) is 0 Å². The van der Waals surface area contributed by atoms with Crippen LogP contribution in [-0.4, -0.2) is 28.6 Å². The number of benzene rings is 1. The van der Waals surface area contributed by atoms with Gasteiger partial charge in [0.1, 0.15) is 17.5 Å². The van der Waals surface area contributed by atoms with E-state index >= 15 is 0 Å². The molecule has 0 saturated heterocycles. The topological polar surface area (TPSA) is 89.8 Å². The third-order valence-electron chi connectivity index (χ3n) is 2.51. The highest BCUT2D eigenvalue weighted by molar-refractivity contribution is 5.63. The Hall–Kier alpha value is -2.39. The predicted molar refractivity (Wildman–Crippen MR) is 65.8 cm³/mol. The number of hydrogen-bond donors (Lipinski definition) is 1. The van der Waals surface area contributed by atoms with E-state index in [0.29, 0.717) is 30.1 Å². The molecule has 0 saturated carbocycles. The molecule has 18 heavy (non-hydrogen) atoms.